The van der Waals surface area contributed by atoms with Crippen molar-refractivity contribution in [2.45, 2.75) is 267 Å². The minimum absolute atomic E-state index is 0.354. The van der Waals surface area contributed by atoms with Crippen LogP contribution >= 0.6 is 0 Å². The number of nitrogens with one attached hydrogen (secondary N) is 2. The number of aliphatic hydroxyl groups excluding tert-OH is 6. The molecule has 0 bridgehead atoms. The Morgan fingerprint density at radius 2 is 0.686 bits per heavy atom. The van der Waals surface area contributed by atoms with Gasteiger partial charge in [0.2, 0.25) is 0 Å². The Bertz CT molecular complexity index is 1190. The number of ether oxygens (including phenoxy) is 6. The molecule has 0 aromatic rings. The molecule has 2 amide bonds. The molecule has 2 saturated heterocycles. The summed E-state index contributed by atoms with van der Waals surface area (Å²) in [4.78, 5) is 24.7. The van der Waals surface area contributed by atoms with Gasteiger partial charge in [0.1, 0.15) is 36.6 Å². The van der Waals surface area contributed by atoms with Gasteiger partial charge in [-0.25, -0.2) is 9.59 Å². The van der Waals surface area contributed by atoms with E-state index in [0.29, 0.717) is 26.3 Å². The maximum atomic E-state index is 12.4. The van der Waals surface area contributed by atoms with Gasteiger partial charge < -0.3 is 69.7 Å². The topological polar surface area (TPSA) is 235 Å². The number of hydrogen-bond donors (Lipinski definition) is 8. The second-order valence-corrected chi connectivity index (χ2v) is 19.5. The zero-order valence-corrected chi connectivity index (χ0v) is 43.2. The van der Waals surface area contributed by atoms with Gasteiger partial charge in [-0.3, -0.25) is 0 Å². The van der Waals surface area contributed by atoms with E-state index in [9.17, 15) is 40.2 Å². The molecule has 2 fully saturated rings. The van der Waals surface area contributed by atoms with Crippen molar-refractivity contribution in [2.75, 3.05) is 39.5 Å². The van der Waals surface area contributed by atoms with Crippen molar-refractivity contribution in [3.05, 3.63) is 25.3 Å². The van der Waals surface area contributed by atoms with Gasteiger partial charge in [-0.1, -0.05) is 166 Å². The van der Waals surface area contributed by atoms with Crippen LogP contribution in [0.15, 0.2) is 25.3 Å². The highest BCUT2D eigenvalue weighted by atomic mass is 16.7. The van der Waals surface area contributed by atoms with Gasteiger partial charge >= 0.3 is 12.2 Å². The Labute approximate surface area is 422 Å². The minimum Gasteiger partial charge on any atom is -0.440 e. The zero-order chi connectivity index (χ0) is 50.9. The molecule has 2 rings (SSSR count). The van der Waals surface area contributed by atoms with E-state index in [-0.39, 0.29) is 0 Å². The number of rotatable bonds is 45. The lowest BCUT2D eigenvalue weighted by atomic mass is 9.99. The molecule has 0 aliphatic carbocycles. The first-order valence-corrected chi connectivity index (χ1v) is 27.8. The fourth-order valence-electron chi connectivity index (χ4n) is 9.06. The number of aliphatic hydroxyl groups is 6. The molecule has 0 aromatic heterocycles. The fourth-order valence-corrected chi connectivity index (χ4v) is 9.06. The van der Waals surface area contributed by atoms with E-state index < -0.39 is 86.8 Å². The first-order valence-electron chi connectivity index (χ1n) is 27.8. The van der Waals surface area contributed by atoms with E-state index in [2.05, 4.69) is 23.8 Å². The second kappa shape index (κ2) is 43.1. The summed E-state index contributed by atoms with van der Waals surface area (Å²) in [6.07, 6.45) is 25.6. The van der Waals surface area contributed by atoms with Crippen LogP contribution in [0, 0.1) is 0 Å². The van der Waals surface area contributed by atoms with Crippen molar-refractivity contribution in [3.63, 3.8) is 0 Å². The fraction of sp³-hybridized carbons (Fsp3) is 0.889. The molecule has 0 aromatic carbocycles. The number of alkyl carbamates (subject to hydrolysis) is 2. The van der Waals surface area contributed by atoms with E-state index in [4.69, 9.17) is 28.4 Å². The van der Waals surface area contributed by atoms with Crippen molar-refractivity contribution >= 4 is 12.2 Å². The minimum atomic E-state index is -1.45. The highest BCUT2D eigenvalue weighted by Gasteiger charge is 2.48. The van der Waals surface area contributed by atoms with Crippen molar-refractivity contribution in [3.8, 4) is 0 Å². The van der Waals surface area contributed by atoms with Gasteiger partial charge in [0, 0.05) is 26.3 Å². The summed E-state index contributed by atoms with van der Waals surface area (Å²) in [5.74, 6) is 0. The molecule has 0 saturated carbocycles. The summed E-state index contributed by atoms with van der Waals surface area (Å²) in [6.45, 7) is 8.08. The van der Waals surface area contributed by atoms with E-state index in [1.807, 2.05) is 12.2 Å². The molecule has 16 heteroatoms. The average Bonchev–Trinajstić information content (AvgIpc) is 3.36. The molecule has 2 heterocycles. The van der Waals surface area contributed by atoms with Crippen LogP contribution in [-0.4, -0.2) is 144 Å². The Balaban J connectivity index is 1.37. The maximum Gasteiger partial charge on any atom is 0.407 e. The third kappa shape index (κ3) is 29.4. The van der Waals surface area contributed by atoms with E-state index >= 15 is 0 Å². The van der Waals surface area contributed by atoms with Crippen LogP contribution in [0.2, 0.25) is 0 Å². The number of hydrogen-bond acceptors (Lipinski definition) is 14. The molecular formula is C54H100N2O14. The second-order valence-electron chi connectivity index (χ2n) is 19.5. The van der Waals surface area contributed by atoms with E-state index in [1.165, 1.54) is 89.9 Å². The third-order valence-corrected chi connectivity index (χ3v) is 13.4. The number of carbonyl (C=O) groups is 2. The van der Waals surface area contributed by atoms with E-state index in [0.717, 1.165) is 116 Å². The van der Waals surface area contributed by atoms with Crippen molar-refractivity contribution in [1.82, 2.24) is 10.6 Å². The van der Waals surface area contributed by atoms with Crippen LogP contribution in [-0.2, 0) is 28.4 Å². The van der Waals surface area contributed by atoms with Crippen LogP contribution in [0.3, 0.4) is 0 Å². The summed E-state index contributed by atoms with van der Waals surface area (Å²) in [7, 11) is 0. The van der Waals surface area contributed by atoms with Gasteiger partial charge in [0.25, 0.3) is 0 Å². The molecule has 2 aliphatic rings. The Kier molecular flexibility index (Phi) is 39.2. The summed E-state index contributed by atoms with van der Waals surface area (Å²) in [6, 6.07) is 0. The molecule has 2 aliphatic heterocycles. The van der Waals surface area contributed by atoms with Crippen molar-refractivity contribution in [1.29, 1.82) is 0 Å². The summed E-state index contributed by atoms with van der Waals surface area (Å²) in [5.41, 5.74) is 0. The molecular weight excluding hydrogens is 901 g/mol. The summed E-state index contributed by atoms with van der Waals surface area (Å²) >= 11 is 0. The molecule has 0 radical (unpaired) electrons. The van der Waals surface area contributed by atoms with Gasteiger partial charge in [0.15, 0.2) is 24.8 Å². The first kappa shape index (κ1) is 63.7. The van der Waals surface area contributed by atoms with Gasteiger partial charge in [-0.15, -0.1) is 13.2 Å². The quantitative estimate of drug-likeness (QED) is 0.0210. The van der Waals surface area contributed by atoms with Crippen molar-refractivity contribution < 1.29 is 68.6 Å². The van der Waals surface area contributed by atoms with Crippen LogP contribution in [0.4, 0.5) is 9.59 Å². The monoisotopic (exact) mass is 1000 g/mol. The Morgan fingerprint density at radius 1 is 0.414 bits per heavy atom. The lowest BCUT2D eigenvalue weighted by Gasteiger charge is -2.41. The first-order chi connectivity index (χ1) is 34.2. The van der Waals surface area contributed by atoms with Crippen LogP contribution < -0.4 is 10.6 Å². The summed E-state index contributed by atoms with van der Waals surface area (Å²) < 4.78 is 33.6. The van der Waals surface area contributed by atoms with Crippen LogP contribution in [0.5, 0.6) is 0 Å². The smallest absolute Gasteiger partial charge is 0.407 e. The maximum absolute atomic E-state index is 12.4. The number of unbranched alkanes of at least 4 members (excludes halogenated alkanes) is 29. The molecule has 16 nitrogen and oxygen atoms in total. The van der Waals surface area contributed by atoms with Gasteiger partial charge in [-0.05, 0) is 51.4 Å². The predicted molar refractivity (Wildman–Crippen MR) is 272 cm³/mol. The highest BCUT2D eigenvalue weighted by molar-refractivity contribution is 5.67. The summed E-state index contributed by atoms with van der Waals surface area (Å²) in [5, 5.41) is 67.7. The standard InChI is InChI=1S/C54H100N2O14/c1-3-5-7-9-11-25-29-33-37-55-53(63)69-49-43(41-57)67-51(47(61)45(49)59)65-39-35-31-27-23-21-19-17-15-13-14-16-18-20-22-24-28-32-36-40-66-52-48(62)46(60)50(44(42-58)68-52)70-54(64)56-38-34-30-26-12-10-8-6-4-2/h3-4,43-52,57-62H,1-2,5-42H2,(H,55,63)(H,56,64)/t43-,44-,45-,46-,47-,48-,49+,50+,51-,52-/m1/s1. The molecule has 410 valence electrons. The molecule has 0 spiro atoms. The van der Waals surface area contributed by atoms with Crippen molar-refractivity contribution in [2.24, 2.45) is 0 Å². The average molecular weight is 1000 g/mol. The normalized spacial score (nSPS) is 24.5. The Hall–Kier alpha value is -2.38. The van der Waals surface area contributed by atoms with Crippen LogP contribution in [0.1, 0.15) is 205 Å². The lowest BCUT2D eigenvalue weighted by Crippen LogP contribution is -2.61. The van der Waals surface area contributed by atoms with Gasteiger partial charge in [-0.2, -0.15) is 0 Å². The highest BCUT2D eigenvalue weighted by Crippen LogP contribution is 2.27. The van der Waals surface area contributed by atoms with Gasteiger partial charge in [0.05, 0.1) is 13.2 Å². The number of allylic oxidation sites excluding steroid dienone is 2. The third-order valence-electron chi connectivity index (χ3n) is 13.4. The molecule has 0 unspecified atom stereocenters. The zero-order valence-electron chi connectivity index (χ0n) is 43.2. The predicted octanol–water partition coefficient (Wildman–Crippen LogP) is 8.94. The molecule has 10 atom stereocenters. The number of amides is 2. The number of carbonyl (C=O) groups excluding carboxylic acids is 2. The lowest BCUT2D eigenvalue weighted by molar-refractivity contribution is -0.300. The molecule has 70 heavy (non-hydrogen) atoms. The SMILES string of the molecule is C=CCCCCCCCCNC(=O)O[C@@H]1[C@H](O)[C@@H](O)[C@H](OCCCCCCCCCCCCCCCCCCCCO[C@@H]2O[C@H](CO)[C@H](OC(=O)NCCCCCCCCC=C)[C@H](O)[C@H]2O)O[C@@H]1CO. The molecule has 8 N–H and O–H groups in total. The van der Waals surface area contributed by atoms with Crippen LogP contribution in [0.25, 0.3) is 0 Å². The Morgan fingerprint density at radius 3 is 0.971 bits per heavy atom. The van der Waals surface area contributed by atoms with E-state index in [1.54, 1.807) is 0 Å². The largest absolute Gasteiger partial charge is 0.440 e.